The molecule has 2 N–H and O–H groups in total. The van der Waals surface area contributed by atoms with Gasteiger partial charge in [-0.1, -0.05) is 0 Å². The Labute approximate surface area is 103 Å². The third kappa shape index (κ3) is 3.66. The highest BCUT2D eigenvalue weighted by Gasteiger charge is 2.34. The predicted molar refractivity (Wildman–Crippen MR) is 65.7 cm³/mol. The Bertz CT molecular complexity index is 268. The highest BCUT2D eigenvalue weighted by Crippen LogP contribution is 2.19. The molecule has 0 aromatic carbocycles. The van der Waals surface area contributed by atoms with Crippen LogP contribution in [0.25, 0.3) is 0 Å². The van der Waals surface area contributed by atoms with E-state index < -0.39 is 5.54 Å². The van der Waals surface area contributed by atoms with Crippen molar-refractivity contribution < 1.29 is 14.3 Å². The average molecular weight is 244 g/mol. The van der Waals surface area contributed by atoms with Gasteiger partial charge in [0.05, 0.1) is 20.3 Å². The van der Waals surface area contributed by atoms with E-state index in [1.807, 2.05) is 0 Å². The molecule has 5 nitrogen and oxygen atoms in total. The number of ether oxygens (including phenoxy) is 2. The van der Waals surface area contributed by atoms with Crippen LogP contribution in [0.1, 0.15) is 27.2 Å². The zero-order valence-corrected chi connectivity index (χ0v) is 11.2. The fourth-order valence-electron chi connectivity index (χ4n) is 2.44. The molecule has 0 amide bonds. The Morgan fingerprint density at radius 1 is 1.71 bits per heavy atom. The lowest BCUT2D eigenvalue weighted by Gasteiger charge is -2.40. The molecule has 100 valence electrons. The summed E-state index contributed by atoms with van der Waals surface area (Å²) in [7, 11) is 1.37. The van der Waals surface area contributed by atoms with Crippen molar-refractivity contribution >= 4 is 5.97 Å². The second kappa shape index (κ2) is 5.80. The third-order valence-corrected chi connectivity index (χ3v) is 3.36. The first-order valence-corrected chi connectivity index (χ1v) is 6.09. The molecule has 0 aliphatic carbocycles. The summed E-state index contributed by atoms with van der Waals surface area (Å²) in [5.41, 5.74) is 5.07. The second-order valence-electron chi connectivity index (χ2n) is 5.12. The second-order valence-corrected chi connectivity index (χ2v) is 5.12. The van der Waals surface area contributed by atoms with Crippen LogP contribution in [0, 0.1) is 0 Å². The summed E-state index contributed by atoms with van der Waals surface area (Å²) >= 11 is 0. The van der Waals surface area contributed by atoms with Gasteiger partial charge in [0.1, 0.15) is 5.54 Å². The van der Waals surface area contributed by atoms with Crippen LogP contribution in [0.15, 0.2) is 0 Å². The van der Waals surface area contributed by atoms with Gasteiger partial charge in [0.25, 0.3) is 0 Å². The molecule has 17 heavy (non-hydrogen) atoms. The van der Waals surface area contributed by atoms with E-state index in [0.29, 0.717) is 12.5 Å². The number of nitrogens with two attached hydrogens (primary N) is 1. The Balaban J connectivity index is 2.58. The molecular formula is C12H24N2O3. The summed E-state index contributed by atoms with van der Waals surface area (Å²) in [5.74, 6) is -0.356. The molecule has 0 aromatic rings. The van der Waals surface area contributed by atoms with Crippen molar-refractivity contribution in [2.75, 3.05) is 26.9 Å². The minimum Gasteiger partial charge on any atom is -0.468 e. The summed E-state index contributed by atoms with van der Waals surface area (Å²) in [6, 6.07) is 0.607. The van der Waals surface area contributed by atoms with Crippen molar-refractivity contribution in [1.29, 1.82) is 0 Å². The van der Waals surface area contributed by atoms with E-state index >= 15 is 0 Å². The van der Waals surface area contributed by atoms with Crippen LogP contribution in [0.5, 0.6) is 0 Å². The van der Waals surface area contributed by atoms with Gasteiger partial charge in [0, 0.05) is 18.6 Å². The number of hydrogen-bond acceptors (Lipinski definition) is 5. The Morgan fingerprint density at radius 2 is 2.35 bits per heavy atom. The zero-order chi connectivity index (χ0) is 13.1. The van der Waals surface area contributed by atoms with E-state index in [1.165, 1.54) is 7.11 Å². The van der Waals surface area contributed by atoms with Crippen LogP contribution in [0.3, 0.4) is 0 Å². The number of rotatable bonds is 4. The van der Waals surface area contributed by atoms with Gasteiger partial charge in [-0.3, -0.25) is 9.69 Å². The molecule has 1 fully saturated rings. The largest absolute Gasteiger partial charge is 0.468 e. The lowest BCUT2D eigenvalue weighted by Crippen LogP contribution is -2.54. The van der Waals surface area contributed by atoms with Crippen molar-refractivity contribution in [3.63, 3.8) is 0 Å². The first kappa shape index (κ1) is 14.4. The smallest absolute Gasteiger partial charge is 0.325 e. The monoisotopic (exact) mass is 244 g/mol. The molecular weight excluding hydrogens is 220 g/mol. The summed E-state index contributed by atoms with van der Waals surface area (Å²) in [4.78, 5) is 13.9. The molecule has 0 radical (unpaired) electrons. The topological polar surface area (TPSA) is 64.8 Å². The predicted octanol–water partition coefficient (Wildman–Crippen LogP) is 0.376. The first-order chi connectivity index (χ1) is 7.88. The van der Waals surface area contributed by atoms with Crippen molar-refractivity contribution in [2.24, 2.45) is 5.73 Å². The van der Waals surface area contributed by atoms with Crippen LogP contribution in [-0.2, 0) is 14.3 Å². The van der Waals surface area contributed by atoms with Gasteiger partial charge >= 0.3 is 5.97 Å². The van der Waals surface area contributed by atoms with E-state index in [9.17, 15) is 4.79 Å². The molecule has 3 atom stereocenters. The number of carbonyl (C=O) groups is 1. The summed E-state index contributed by atoms with van der Waals surface area (Å²) < 4.78 is 10.1. The highest BCUT2D eigenvalue weighted by molar-refractivity contribution is 5.79. The normalized spacial score (nSPS) is 27.2. The Kier molecular flexibility index (Phi) is 4.91. The van der Waals surface area contributed by atoms with Crippen LogP contribution >= 0.6 is 0 Å². The van der Waals surface area contributed by atoms with E-state index in [0.717, 1.165) is 19.8 Å². The molecule has 1 heterocycles. The average Bonchev–Trinajstić information content (AvgIpc) is 2.27. The van der Waals surface area contributed by atoms with Crippen LogP contribution < -0.4 is 5.73 Å². The van der Waals surface area contributed by atoms with E-state index in [-0.39, 0.29) is 12.0 Å². The third-order valence-electron chi connectivity index (χ3n) is 3.36. The van der Waals surface area contributed by atoms with Crippen LogP contribution in [-0.4, -0.2) is 55.4 Å². The molecule has 1 aliphatic heterocycles. The SMILES string of the molecule is COC(=O)C(C)(N)CC(C)N1CCOCC1C. The van der Waals surface area contributed by atoms with Crippen molar-refractivity contribution in [1.82, 2.24) is 4.90 Å². The van der Waals surface area contributed by atoms with Gasteiger partial charge in [-0.15, -0.1) is 0 Å². The molecule has 1 aliphatic rings. The lowest BCUT2D eigenvalue weighted by atomic mass is 9.93. The van der Waals surface area contributed by atoms with Gasteiger partial charge < -0.3 is 15.2 Å². The number of esters is 1. The summed E-state index contributed by atoms with van der Waals surface area (Å²) in [5, 5.41) is 0. The number of nitrogens with zero attached hydrogens (tertiary/aromatic N) is 1. The Morgan fingerprint density at radius 3 is 2.88 bits per heavy atom. The van der Waals surface area contributed by atoms with Gasteiger partial charge in [0.2, 0.25) is 0 Å². The number of carbonyl (C=O) groups excluding carboxylic acids is 1. The van der Waals surface area contributed by atoms with Crippen molar-refractivity contribution in [3.8, 4) is 0 Å². The number of morpholine rings is 1. The minimum absolute atomic E-state index is 0.239. The maximum atomic E-state index is 11.5. The maximum absolute atomic E-state index is 11.5. The molecule has 0 saturated carbocycles. The van der Waals surface area contributed by atoms with Crippen molar-refractivity contribution in [2.45, 2.75) is 44.8 Å². The first-order valence-electron chi connectivity index (χ1n) is 6.09. The van der Waals surface area contributed by atoms with Gasteiger partial charge in [-0.25, -0.2) is 0 Å². The standard InChI is InChI=1S/C12H24N2O3/c1-9(7-12(3,13)11(15)16-4)14-5-6-17-8-10(14)2/h9-10H,5-8,13H2,1-4H3. The van der Waals surface area contributed by atoms with Gasteiger partial charge in [0.15, 0.2) is 0 Å². The molecule has 1 rings (SSSR count). The highest BCUT2D eigenvalue weighted by atomic mass is 16.5. The molecule has 0 bridgehead atoms. The van der Waals surface area contributed by atoms with Crippen molar-refractivity contribution in [3.05, 3.63) is 0 Å². The maximum Gasteiger partial charge on any atom is 0.325 e. The molecule has 1 saturated heterocycles. The van der Waals surface area contributed by atoms with E-state index in [2.05, 4.69) is 18.7 Å². The van der Waals surface area contributed by atoms with Crippen LogP contribution in [0.4, 0.5) is 0 Å². The number of hydrogen-bond donors (Lipinski definition) is 1. The quantitative estimate of drug-likeness (QED) is 0.724. The molecule has 3 unspecified atom stereocenters. The van der Waals surface area contributed by atoms with E-state index in [1.54, 1.807) is 6.92 Å². The summed E-state index contributed by atoms with van der Waals surface area (Å²) in [6.45, 7) is 8.32. The minimum atomic E-state index is -0.924. The lowest BCUT2D eigenvalue weighted by molar-refractivity contribution is -0.147. The van der Waals surface area contributed by atoms with E-state index in [4.69, 9.17) is 15.2 Å². The fraction of sp³-hybridized carbons (Fsp3) is 0.917. The van der Waals surface area contributed by atoms with Gasteiger partial charge in [-0.2, -0.15) is 0 Å². The molecule has 5 heteroatoms. The number of methoxy groups -OCH3 is 1. The molecule has 0 aromatic heterocycles. The summed E-state index contributed by atoms with van der Waals surface area (Å²) in [6.07, 6.45) is 0.587. The van der Waals surface area contributed by atoms with Gasteiger partial charge in [-0.05, 0) is 27.2 Å². The Hall–Kier alpha value is -0.650. The fourth-order valence-corrected chi connectivity index (χ4v) is 2.44. The van der Waals surface area contributed by atoms with Crippen LogP contribution in [0.2, 0.25) is 0 Å². The zero-order valence-electron chi connectivity index (χ0n) is 11.2. The molecule has 0 spiro atoms.